The highest BCUT2D eigenvalue weighted by Crippen LogP contribution is 2.09. The van der Waals surface area contributed by atoms with E-state index in [0.717, 1.165) is 37.7 Å². The number of rotatable bonds is 3. The van der Waals surface area contributed by atoms with Crippen molar-refractivity contribution in [3.8, 4) is 0 Å². The molecule has 0 aliphatic carbocycles. The van der Waals surface area contributed by atoms with E-state index >= 15 is 0 Å². The van der Waals surface area contributed by atoms with Gasteiger partial charge in [-0.15, -0.1) is 0 Å². The van der Waals surface area contributed by atoms with Gasteiger partial charge in [-0.05, 0) is 37.6 Å². The topological polar surface area (TPSA) is 41.1 Å². The van der Waals surface area contributed by atoms with Crippen LogP contribution < -0.4 is 10.6 Å². The van der Waals surface area contributed by atoms with Crippen molar-refractivity contribution in [3.05, 3.63) is 35.4 Å². The van der Waals surface area contributed by atoms with E-state index < -0.39 is 17.5 Å². The molecule has 0 radical (unpaired) electrons. The molecule has 2 rings (SSSR count). The van der Waals surface area contributed by atoms with Crippen molar-refractivity contribution in [3.63, 3.8) is 0 Å². The summed E-state index contributed by atoms with van der Waals surface area (Å²) < 4.78 is 25.8. The third-order valence-electron chi connectivity index (χ3n) is 2.84. The molecular weight excluding hydrogens is 226 g/mol. The largest absolute Gasteiger partial charge is 0.352 e. The average molecular weight is 240 g/mol. The normalized spacial score (nSPS) is 19.3. The molecule has 3 nitrogen and oxygen atoms in total. The minimum Gasteiger partial charge on any atom is -0.352 e. The molecule has 0 bridgehead atoms. The Labute approximate surface area is 98.2 Å². The molecule has 5 heteroatoms. The van der Waals surface area contributed by atoms with Gasteiger partial charge in [0.2, 0.25) is 0 Å². The molecule has 1 atom stereocenters. The van der Waals surface area contributed by atoms with Gasteiger partial charge in [-0.2, -0.15) is 0 Å². The summed E-state index contributed by atoms with van der Waals surface area (Å²) in [5, 5.41) is 5.87. The molecule has 1 aromatic carbocycles. The van der Waals surface area contributed by atoms with Crippen LogP contribution in [0, 0.1) is 17.6 Å². The van der Waals surface area contributed by atoms with Crippen LogP contribution in [-0.4, -0.2) is 25.5 Å². The zero-order valence-corrected chi connectivity index (χ0v) is 9.30. The van der Waals surface area contributed by atoms with Gasteiger partial charge >= 0.3 is 0 Å². The number of benzene rings is 1. The molecule has 0 saturated carbocycles. The summed E-state index contributed by atoms with van der Waals surface area (Å²) in [4.78, 5) is 11.6. The Hall–Kier alpha value is -1.49. The van der Waals surface area contributed by atoms with Crippen LogP contribution in [0.25, 0.3) is 0 Å². The van der Waals surface area contributed by atoms with Crippen LogP contribution in [-0.2, 0) is 0 Å². The fourth-order valence-corrected chi connectivity index (χ4v) is 1.91. The fraction of sp³-hybridized carbons (Fsp3) is 0.417. The van der Waals surface area contributed by atoms with Crippen LogP contribution in [0.15, 0.2) is 18.2 Å². The van der Waals surface area contributed by atoms with Crippen LogP contribution in [0.2, 0.25) is 0 Å². The summed E-state index contributed by atoms with van der Waals surface area (Å²) in [6, 6.07) is 2.81. The van der Waals surface area contributed by atoms with Crippen molar-refractivity contribution in [2.45, 2.75) is 6.42 Å². The monoisotopic (exact) mass is 240 g/mol. The Morgan fingerprint density at radius 1 is 1.35 bits per heavy atom. The van der Waals surface area contributed by atoms with Crippen LogP contribution in [0.3, 0.4) is 0 Å². The molecule has 1 aliphatic rings. The van der Waals surface area contributed by atoms with Crippen molar-refractivity contribution >= 4 is 5.91 Å². The quantitative estimate of drug-likeness (QED) is 0.836. The zero-order valence-electron chi connectivity index (χ0n) is 9.30. The lowest BCUT2D eigenvalue weighted by Gasteiger charge is -2.10. The standard InChI is InChI=1S/C12H14F2N2O/c13-10-3-9(4-11(14)5-10)12(17)16-7-8-1-2-15-6-8/h3-5,8,15H,1-2,6-7H2,(H,16,17). The number of nitrogens with one attached hydrogen (secondary N) is 2. The van der Waals surface area contributed by atoms with Gasteiger partial charge in [0.05, 0.1) is 0 Å². The van der Waals surface area contributed by atoms with Crippen LogP contribution in [0.4, 0.5) is 8.78 Å². The summed E-state index contributed by atoms with van der Waals surface area (Å²) in [7, 11) is 0. The third kappa shape index (κ3) is 3.23. The minimum absolute atomic E-state index is 0.0217. The second-order valence-electron chi connectivity index (χ2n) is 4.23. The molecule has 1 fully saturated rings. The molecule has 17 heavy (non-hydrogen) atoms. The summed E-state index contributed by atoms with van der Waals surface area (Å²) in [6.45, 7) is 2.36. The third-order valence-corrected chi connectivity index (χ3v) is 2.84. The maximum atomic E-state index is 12.9. The van der Waals surface area contributed by atoms with Gasteiger partial charge in [0.25, 0.3) is 5.91 Å². The van der Waals surface area contributed by atoms with E-state index in [1.54, 1.807) is 0 Å². The fourth-order valence-electron chi connectivity index (χ4n) is 1.91. The van der Waals surface area contributed by atoms with Gasteiger partial charge in [0.1, 0.15) is 11.6 Å². The minimum atomic E-state index is -0.738. The first kappa shape index (κ1) is 12.0. The van der Waals surface area contributed by atoms with E-state index in [0.29, 0.717) is 12.5 Å². The number of carbonyl (C=O) groups is 1. The van der Waals surface area contributed by atoms with Crippen molar-refractivity contribution in [1.29, 1.82) is 0 Å². The number of amides is 1. The number of hydrogen-bond acceptors (Lipinski definition) is 2. The molecule has 1 aromatic rings. The molecule has 1 unspecified atom stereocenters. The van der Waals surface area contributed by atoms with Gasteiger partial charge in [0, 0.05) is 18.2 Å². The molecular formula is C12H14F2N2O. The Balaban J connectivity index is 1.94. The van der Waals surface area contributed by atoms with Gasteiger partial charge in [-0.3, -0.25) is 4.79 Å². The Morgan fingerprint density at radius 2 is 2.06 bits per heavy atom. The second kappa shape index (κ2) is 5.23. The maximum Gasteiger partial charge on any atom is 0.251 e. The summed E-state index contributed by atoms with van der Waals surface area (Å²) >= 11 is 0. The summed E-state index contributed by atoms with van der Waals surface area (Å²) in [5.74, 6) is -1.51. The van der Waals surface area contributed by atoms with E-state index in [2.05, 4.69) is 10.6 Å². The predicted octanol–water partition coefficient (Wildman–Crippen LogP) is 1.30. The maximum absolute atomic E-state index is 12.9. The summed E-state index contributed by atoms with van der Waals surface area (Å²) in [6.07, 6.45) is 1.01. The molecule has 1 aliphatic heterocycles. The van der Waals surface area contributed by atoms with Crippen molar-refractivity contribution < 1.29 is 13.6 Å². The first-order valence-electron chi connectivity index (χ1n) is 5.60. The molecule has 1 heterocycles. The van der Waals surface area contributed by atoms with Gasteiger partial charge in [0.15, 0.2) is 0 Å². The van der Waals surface area contributed by atoms with Crippen LogP contribution in [0.5, 0.6) is 0 Å². The predicted molar refractivity (Wildman–Crippen MR) is 59.7 cm³/mol. The molecule has 0 spiro atoms. The van der Waals surface area contributed by atoms with E-state index in [1.165, 1.54) is 0 Å². The van der Waals surface area contributed by atoms with Crippen molar-refractivity contribution in [1.82, 2.24) is 10.6 Å². The molecule has 1 amide bonds. The Kier molecular flexibility index (Phi) is 3.68. The van der Waals surface area contributed by atoms with Crippen molar-refractivity contribution in [2.24, 2.45) is 5.92 Å². The van der Waals surface area contributed by atoms with E-state index in [9.17, 15) is 13.6 Å². The summed E-state index contributed by atoms with van der Waals surface area (Å²) in [5.41, 5.74) is 0.0217. The highest BCUT2D eigenvalue weighted by molar-refractivity contribution is 5.94. The van der Waals surface area contributed by atoms with Gasteiger partial charge in [-0.1, -0.05) is 0 Å². The van der Waals surface area contributed by atoms with Gasteiger partial charge < -0.3 is 10.6 Å². The lowest BCUT2D eigenvalue weighted by atomic mass is 10.1. The number of halogens is 2. The highest BCUT2D eigenvalue weighted by atomic mass is 19.1. The molecule has 92 valence electrons. The average Bonchev–Trinajstić information content (AvgIpc) is 2.77. The zero-order chi connectivity index (χ0) is 12.3. The Bertz CT molecular complexity index is 397. The van der Waals surface area contributed by atoms with E-state index in [-0.39, 0.29) is 5.56 Å². The van der Waals surface area contributed by atoms with Crippen LogP contribution in [0.1, 0.15) is 16.8 Å². The SMILES string of the molecule is O=C(NCC1CCNC1)c1cc(F)cc(F)c1. The highest BCUT2D eigenvalue weighted by Gasteiger charge is 2.16. The first-order valence-corrected chi connectivity index (χ1v) is 5.60. The molecule has 2 N–H and O–H groups in total. The molecule has 1 saturated heterocycles. The first-order chi connectivity index (χ1) is 8.15. The van der Waals surface area contributed by atoms with E-state index in [4.69, 9.17) is 0 Å². The Morgan fingerprint density at radius 3 is 2.65 bits per heavy atom. The number of hydrogen-bond donors (Lipinski definition) is 2. The van der Waals surface area contributed by atoms with Gasteiger partial charge in [-0.25, -0.2) is 8.78 Å². The number of carbonyl (C=O) groups excluding carboxylic acids is 1. The smallest absolute Gasteiger partial charge is 0.251 e. The molecule has 0 aromatic heterocycles. The second-order valence-corrected chi connectivity index (χ2v) is 4.23. The van der Waals surface area contributed by atoms with Crippen molar-refractivity contribution in [2.75, 3.05) is 19.6 Å². The lowest BCUT2D eigenvalue weighted by molar-refractivity contribution is 0.0947. The lowest BCUT2D eigenvalue weighted by Crippen LogP contribution is -2.30. The van der Waals surface area contributed by atoms with Crippen LogP contribution >= 0.6 is 0 Å². The van der Waals surface area contributed by atoms with E-state index in [1.807, 2.05) is 0 Å².